The molecule has 0 fully saturated rings. The highest BCUT2D eigenvalue weighted by Gasteiger charge is 2.13. The van der Waals surface area contributed by atoms with Crippen LogP contribution < -0.4 is 5.73 Å². The molecule has 0 aliphatic rings. The molecule has 0 aliphatic heterocycles. The molecular weight excluding hydrogens is 151 g/mol. The van der Waals surface area contributed by atoms with E-state index >= 15 is 0 Å². The number of allylic oxidation sites excluding steroid dienone is 2. The standard InChI is InChI=1S/C6H7FN2O2/c1-3-5(9(10)11)6(8)4(2)7/h3H,1-2,8H2/b6-5-. The van der Waals surface area contributed by atoms with E-state index in [2.05, 4.69) is 13.2 Å². The van der Waals surface area contributed by atoms with Gasteiger partial charge in [0.2, 0.25) is 0 Å². The Morgan fingerprint density at radius 3 is 2.27 bits per heavy atom. The molecule has 0 heterocycles. The third-order valence-corrected chi connectivity index (χ3v) is 0.958. The van der Waals surface area contributed by atoms with Crippen LogP contribution in [0.5, 0.6) is 0 Å². The van der Waals surface area contributed by atoms with Crippen molar-refractivity contribution in [3.05, 3.63) is 46.6 Å². The van der Waals surface area contributed by atoms with Crippen molar-refractivity contribution in [3.8, 4) is 0 Å². The highest BCUT2D eigenvalue weighted by molar-refractivity contribution is 5.27. The van der Waals surface area contributed by atoms with Crippen LogP contribution >= 0.6 is 0 Å². The lowest BCUT2D eigenvalue weighted by molar-refractivity contribution is -0.420. The van der Waals surface area contributed by atoms with Crippen LogP contribution in [0.3, 0.4) is 0 Å². The summed E-state index contributed by atoms with van der Waals surface area (Å²) >= 11 is 0. The van der Waals surface area contributed by atoms with Gasteiger partial charge in [0.15, 0.2) is 0 Å². The van der Waals surface area contributed by atoms with Gasteiger partial charge in [-0.05, 0) is 0 Å². The highest BCUT2D eigenvalue weighted by Crippen LogP contribution is 2.09. The third kappa shape index (κ3) is 2.21. The Morgan fingerprint density at radius 1 is 1.73 bits per heavy atom. The first-order chi connectivity index (χ1) is 5.00. The van der Waals surface area contributed by atoms with Crippen LogP contribution in [-0.2, 0) is 0 Å². The molecule has 0 aromatic carbocycles. The van der Waals surface area contributed by atoms with Crippen molar-refractivity contribution in [1.82, 2.24) is 0 Å². The molecule has 0 amide bonds. The van der Waals surface area contributed by atoms with Crippen molar-refractivity contribution in [1.29, 1.82) is 0 Å². The molecule has 0 spiro atoms. The lowest BCUT2D eigenvalue weighted by Crippen LogP contribution is -2.07. The molecule has 4 nitrogen and oxygen atoms in total. The number of nitrogens with zero attached hydrogens (tertiary/aromatic N) is 1. The number of rotatable bonds is 3. The SMILES string of the molecule is C=C/C(=C(/N)C(=C)F)[N+](=O)[O-]. The van der Waals surface area contributed by atoms with E-state index in [9.17, 15) is 14.5 Å². The van der Waals surface area contributed by atoms with E-state index in [1.807, 2.05) is 0 Å². The second kappa shape index (κ2) is 3.50. The molecule has 0 aliphatic carbocycles. The van der Waals surface area contributed by atoms with Crippen LogP contribution in [0, 0.1) is 10.1 Å². The van der Waals surface area contributed by atoms with Gasteiger partial charge in [0, 0.05) is 6.08 Å². The molecule has 0 unspecified atom stereocenters. The molecule has 0 atom stereocenters. The Kier molecular flexibility index (Phi) is 2.98. The van der Waals surface area contributed by atoms with Crippen LogP contribution in [-0.4, -0.2) is 4.92 Å². The Morgan fingerprint density at radius 2 is 2.18 bits per heavy atom. The minimum absolute atomic E-state index is 0.572. The molecule has 0 aromatic heterocycles. The number of hydrogen-bond acceptors (Lipinski definition) is 3. The van der Waals surface area contributed by atoms with Crippen LogP contribution in [0.2, 0.25) is 0 Å². The van der Waals surface area contributed by atoms with E-state index in [0.29, 0.717) is 0 Å². The smallest absolute Gasteiger partial charge is 0.294 e. The van der Waals surface area contributed by atoms with Gasteiger partial charge in [0.1, 0.15) is 11.5 Å². The lowest BCUT2D eigenvalue weighted by Gasteiger charge is -1.95. The van der Waals surface area contributed by atoms with Crippen LogP contribution in [0.15, 0.2) is 36.5 Å². The van der Waals surface area contributed by atoms with Gasteiger partial charge in [-0.1, -0.05) is 13.2 Å². The van der Waals surface area contributed by atoms with Crippen molar-refractivity contribution in [2.75, 3.05) is 0 Å². The number of nitrogens with two attached hydrogens (primary N) is 1. The van der Waals surface area contributed by atoms with Gasteiger partial charge in [-0.15, -0.1) is 0 Å². The van der Waals surface area contributed by atoms with Gasteiger partial charge in [-0.3, -0.25) is 10.1 Å². The van der Waals surface area contributed by atoms with E-state index in [-0.39, 0.29) is 0 Å². The molecule has 0 saturated carbocycles. The topological polar surface area (TPSA) is 69.2 Å². The maximum Gasteiger partial charge on any atom is 0.294 e. The predicted octanol–water partition coefficient (Wildman–Crippen LogP) is 1.10. The number of hydrogen-bond donors (Lipinski definition) is 1. The summed E-state index contributed by atoms with van der Waals surface area (Å²) in [5.74, 6) is -1.03. The Hall–Kier alpha value is -1.65. The van der Waals surface area contributed by atoms with E-state index in [4.69, 9.17) is 5.73 Å². The summed E-state index contributed by atoms with van der Waals surface area (Å²) in [6.07, 6.45) is 0.861. The summed E-state index contributed by atoms with van der Waals surface area (Å²) in [6.45, 7) is 5.90. The van der Waals surface area contributed by atoms with Gasteiger partial charge in [0.25, 0.3) is 5.70 Å². The van der Waals surface area contributed by atoms with E-state index in [1.165, 1.54) is 0 Å². The fraction of sp³-hybridized carbons (Fsp3) is 0. The predicted molar refractivity (Wildman–Crippen MR) is 38.7 cm³/mol. The molecule has 0 aromatic rings. The molecule has 0 saturated heterocycles. The van der Waals surface area contributed by atoms with E-state index in [0.717, 1.165) is 6.08 Å². The summed E-state index contributed by atoms with van der Waals surface area (Å²) in [5.41, 5.74) is 3.80. The van der Waals surface area contributed by atoms with Crippen molar-refractivity contribution in [2.45, 2.75) is 0 Å². The van der Waals surface area contributed by atoms with Crippen molar-refractivity contribution < 1.29 is 9.31 Å². The van der Waals surface area contributed by atoms with Gasteiger partial charge in [-0.25, -0.2) is 4.39 Å². The quantitative estimate of drug-likeness (QED) is 0.380. The summed E-state index contributed by atoms with van der Waals surface area (Å²) in [5, 5.41) is 10.1. The van der Waals surface area contributed by atoms with Gasteiger partial charge in [-0.2, -0.15) is 0 Å². The molecule has 0 rings (SSSR count). The van der Waals surface area contributed by atoms with E-state index in [1.54, 1.807) is 0 Å². The zero-order valence-corrected chi connectivity index (χ0v) is 5.71. The summed E-state index contributed by atoms with van der Waals surface area (Å²) in [7, 11) is 0. The van der Waals surface area contributed by atoms with Crippen molar-refractivity contribution >= 4 is 0 Å². The first-order valence-corrected chi connectivity index (χ1v) is 2.62. The fourth-order valence-corrected chi connectivity index (χ4v) is 0.422. The highest BCUT2D eigenvalue weighted by atomic mass is 19.1. The second-order valence-electron chi connectivity index (χ2n) is 1.67. The Labute approximate surface area is 62.7 Å². The monoisotopic (exact) mass is 158 g/mol. The van der Waals surface area contributed by atoms with Crippen molar-refractivity contribution in [2.24, 2.45) is 5.73 Å². The van der Waals surface area contributed by atoms with Crippen LogP contribution in [0.4, 0.5) is 4.39 Å². The molecule has 5 heteroatoms. The molecule has 0 radical (unpaired) electrons. The zero-order chi connectivity index (χ0) is 9.02. The fourth-order valence-electron chi connectivity index (χ4n) is 0.422. The van der Waals surface area contributed by atoms with Gasteiger partial charge < -0.3 is 5.73 Å². The minimum Gasteiger partial charge on any atom is -0.391 e. The first-order valence-electron chi connectivity index (χ1n) is 2.62. The normalized spacial score (nSPS) is 11.7. The average molecular weight is 158 g/mol. The maximum absolute atomic E-state index is 12.2. The summed E-state index contributed by atoms with van der Waals surface area (Å²) in [6, 6.07) is 0. The second-order valence-corrected chi connectivity index (χ2v) is 1.67. The first kappa shape index (κ1) is 9.35. The Bertz CT molecular complexity index is 245. The van der Waals surface area contributed by atoms with E-state index < -0.39 is 22.1 Å². The number of halogens is 1. The molecule has 0 bridgehead atoms. The minimum atomic E-state index is -1.03. The molecular formula is C6H7FN2O2. The number of nitro groups is 1. The zero-order valence-electron chi connectivity index (χ0n) is 5.71. The average Bonchev–Trinajstić information content (AvgIpc) is 1.88. The van der Waals surface area contributed by atoms with Gasteiger partial charge in [0.05, 0.1) is 4.92 Å². The summed E-state index contributed by atoms with van der Waals surface area (Å²) < 4.78 is 12.2. The maximum atomic E-state index is 12.2. The Balaban J connectivity index is 4.99. The van der Waals surface area contributed by atoms with Crippen LogP contribution in [0.1, 0.15) is 0 Å². The lowest BCUT2D eigenvalue weighted by atomic mass is 10.3. The van der Waals surface area contributed by atoms with Crippen molar-refractivity contribution in [3.63, 3.8) is 0 Å². The molecule has 11 heavy (non-hydrogen) atoms. The largest absolute Gasteiger partial charge is 0.391 e. The van der Waals surface area contributed by atoms with Crippen LogP contribution in [0.25, 0.3) is 0 Å². The third-order valence-electron chi connectivity index (χ3n) is 0.958. The summed E-state index contributed by atoms with van der Waals surface area (Å²) in [4.78, 5) is 9.24. The van der Waals surface area contributed by atoms with Gasteiger partial charge >= 0.3 is 0 Å². The molecule has 60 valence electrons. The molecule has 2 N–H and O–H groups in total.